The Balaban J connectivity index is 3.06. The zero-order valence-electron chi connectivity index (χ0n) is 11.0. The Morgan fingerprint density at radius 1 is 1.60 bits per heavy atom. The number of nitrogens with two attached hydrogens (primary N) is 1. The van der Waals surface area contributed by atoms with E-state index in [4.69, 9.17) is 5.84 Å². The van der Waals surface area contributed by atoms with Crippen LogP contribution in [0.25, 0.3) is 0 Å². The number of hydrogen-bond acceptors (Lipinski definition) is 8. The third-order valence-electron chi connectivity index (χ3n) is 2.46. The number of hydrazine groups is 1. The van der Waals surface area contributed by atoms with Gasteiger partial charge in [-0.05, 0) is 12.7 Å². The summed E-state index contributed by atoms with van der Waals surface area (Å²) in [6.07, 6.45) is 2.51. The lowest BCUT2D eigenvalue weighted by Crippen LogP contribution is -2.35. The van der Waals surface area contributed by atoms with E-state index >= 15 is 0 Å². The molecule has 20 heavy (non-hydrogen) atoms. The number of sulfonamides is 1. The van der Waals surface area contributed by atoms with Gasteiger partial charge in [0.2, 0.25) is 0 Å². The lowest BCUT2D eigenvalue weighted by molar-refractivity contribution is -0.383. The lowest BCUT2D eigenvalue weighted by Gasteiger charge is -2.14. The van der Waals surface area contributed by atoms with Crippen LogP contribution in [0.5, 0.6) is 0 Å². The molecule has 11 heteroatoms. The number of thioether (sulfide) groups is 1. The Morgan fingerprint density at radius 2 is 2.25 bits per heavy atom. The van der Waals surface area contributed by atoms with Gasteiger partial charge in [0.15, 0.2) is 5.00 Å². The van der Waals surface area contributed by atoms with Gasteiger partial charge < -0.3 is 5.43 Å². The van der Waals surface area contributed by atoms with E-state index < -0.39 is 14.9 Å². The van der Waals surface area contributed by atoms with E-state index in [9.17, 15) is 18.5 Å². The third-order valence-corrected chi connectivity index (χ3v) is 6.25. The second-order valence-electron chi connectivity index (χ2n) is 3.86. The van der Waals surface area contributed by atoms with Gasteiger partial charge in [0.05, 0.1) is 4.92 Å². The molecular formula is C9H16N4O4S3. The monoisotopic (exact) mass is 340 g/mol. The van der Waals surface area contributed by atoms with Crippen molar-refractivity contribution in [1.29, 1.82) is 0 Å². The fourth-order valence-electron chi connectivity index (χ4n) is 1.44. The van der Waals surface area contributed by atoms with Crippen molar-refractivity contribution in [3.8, 4) is 0 Å². The maximum absolute atomic E-state index is 12.2. The average Bonchev–Trinajstić information content (AvgIpc) is 2.83. The first-order chi connectivity index (χ1) is 9.35. The van der Waals surface area contributed by atoms with E-state index in [0.29, 0.717) is 12.2 Å². The number of anilines is 1. The van der Waals surface area contributed by atoms with Gasteiger partial charge in [-0.3, -0.25) is 10.1 Å². The van der Waals surface area contributed by atoms with Gasteiger partial charge in [0.1, 0.15) is 4.21 Å². The van der Waals surface area contributed by atoms with E-state index in [1.165, 1.54) is 11.8 Å². The summed E-state index contributed by atoms with van der Waals surface area (Å²) >= 11 is 2.25. The van der Waals surface area contributed by atoms with Crippen molar-refractivity contribution in [2.45, 2.75) is 23.6 Å². The lowest BCUT2D eigenvalue weighted by atomic mass is 10.3. The smallest absolute Gasteiger partial charge is 0.306 e. The van der Waals surface area contributed by atoms with Crippen LogP contribution in [0.15, 0.2) is 10.3 Å². The molecule has 0 spiro atoms. The first-order valence-electron chi connectivity index (χ1n) is 5.61. The van der Waals surface area contributed by atoms with Gasteiger partial charge in [0, 0.05) is 17.9 Å². The van der Waals surface area contributed by atoms with Gasteiger partial charge in [-0.25, -0.2) is 19.0 Å². The molecule has 1 aromatic rings. The number of nitrogens with one attached hydrogen (secondary N) is 2. The Labute approximate surface area is 125 Å². The Morgan fingerprint density at radius 3 is 2.65 bits per heavy atom. The molecule has 0 aliphatic heterocycles. The van der Waals surface area contributed by atoms with Crippen LogP contribution >= 0.6 is 23.1 Å². The number of nitrogens with zero attached hydrogens (tertiary/aromatic N) is 1. The van der Waals surface area contributed by atoms with E-state index in [0.717, 1.165) is 17.4 Å². The molecule has 114 valence electrons. The van der Waals surface area contributed by atoms with Gasteiger partial charge in [0.25, 0.3) is 10.0 Å². The Hall–Kier alpha value is -0.880. The molecule has 1 rings (SSSR count). The number of thiophene rings is 1. The van der Waals surface area contributed by atoms with Crippen molar-refractivity contribution in [3.05, 3.63) is 16.2 Å². The maximum Gasteiger partial charge on any atom is 0.306 e. The number of rotatable bonds is 8. The molecule has 0 radical (unpaired) electrons. The van der Waals surface area contributed by atoms with Crippen LogP contribution in [-0.2, 0) is 10.0 Å². The van der Waals surface area contributed by atoms with Crippen LogP contribution in [-0.4, -0.2) is 31.4 Å². The highest BCUT2D eigenvalue weighted by molar-refractivity contribution is 7.98. The first-order valence-corrected chi connectivity index (χ1v) is 9.31. The standard InChI is InChI=1S/C9H16N4O4S3/c1-3-6(5-18-2)12-20(16,17)8-4-7(13(14)15)9(11-10)19-8/h4,6,11-12H,3,5,10H2,1-2H3. The molecule has 0 aromatic carbocycles. The average molecular weight is 340 g/mol. The van der Waals surface area contributed by atoms with E-state index in [1.807, 2.05) is 13.2 Å². The summed E-state index contributed by atoms with van der Waals surface area (Å²) in [7, 11) is -3.78. The maximum atomic E-state index is 12.2. The third kappa shape index (κ3) is 4.06. The number of hydrogen-bond donors (Lipinski definition) is 3. The molecule has 0 aliphatic carbocycles. The fraction of sp³-hybridized carbons (Fsp3) is 0.556. The Bertz CT molecular complexity index is 572. The highest BCUT2D eigenvalue weighted by Crippen LogP contribution is 2.36. The minimum atomic E-state index is -3.78. The predicted octanol–water partition coefficient (Wildman–Crippen LogP) is 1.36. The second-order valence-corrected chi connectivity index (χ2v) is 7.77. The predicted molar refractivity (Wildman–Crippen MR) is 81.6 cm³/mol. The van der Waals surface area contributed by atoms with Crippen LogP contribution in [0.3, 0.4) is 0 Å². The van der Waals surface area contributed by atoms with Crippen molar-refractivity contribution < 1.29 is 13.3 Å². The van der Waals surface area contributed by atoms with E-state index in [1.54, 1.807) is 0 Å². The summed E-state index contributed by atoms with van der Waals surface area (Å²) in [6.45, 7) is 1.87. The van der Waals surface area contributed by atoms with Crippen LogP contribution in [0, 0.1) is 10.1 Å². The number of nitrogen functional groups attached to an aromatic ring is 1. The molecule has 0 saturated carbocycles. The second kappa shape index (κ2) is 7.22. The molecule has 0 amide bonds. The molecule has 1 unspecified atom stereocenters. The molecular weight excluding hydrogens is 324 g/mol. The van der Waals surface area contributed by atoms with Gasteiger partial charge in [-0.1, -0.05) is 18.3 Å². The molecule has 1 aromatic heterocycles. The van der Waals surface area contributed by atoms with Crippen molar-refractivity contribution in [2.24, 2.45) is 5.84 Å². The normalized spacial score (nSPS) is 13.2. The quantitative estimate of drug-likeness (QED) is 0.370. The summed E-state index contributed by atoms with van der Waals surface area (Å²) in [4.78, 5) is 10.1. The number of nitro groups is 1. The van der Waals surface area contributed by atoms with E-state index in [-0.39, 0.29) is 20.9 Å². The molecule has 1 heterocycles. The Kier molecular flexibility index (Phi) is 6.20. The summed E-state index contributed by atoms with van der Waals surface area (Å²) in [5.41, 5.74) is 1.79. The summed E-state index contributed by atoms with van der Waals surface area (Å²) in [5.74, 6) is 5.79. The summed E-state index contributed by atoms with van der Waals surface area (Å²) in [5, 5.41) is 10.8. The molecule has 0 aliphatic rings. The van der Waals surface area contributed by atoms with Crippen LogP contribution in [0.2, 0.25) is 0 Å². The molecule has 0 bridgehead atoms. The topological polar surface area (TPSA) is 127 Å². The highest BCUT2D eigenvalue weighted by atomic mass is 32.2. The zero-order valence-corrected chi connectivity index (χ0v) is 13.4. The minimum Gasteiger partial charge on any atom is -0.310 e. The zero-order chi connectivity index (χ0) is 15.3. The summed E-state index contributed by atoms with van der Waals surface area (Å²) < 4.78 is 26.8. The van der Waals surface area contributed by atoms with E-state index in [2.05, 4.69) is 10.1 Å². The minimum absolute atomic E-state index is 0.00768. The molecule has 1 atom stereocenters. The molecule has 4 N–H and O–H groups in total. The van der Waals surface area contributed by atoms with Crippen molar-refractivity contribution >= 4 is 43.8 Å². The molecule has 8 nitrogen and oxygen atoms in total. The highest BCUT2D eigenvalue weighted by Gasteiger charge is 2.27. The molecule has 0 saturated heterocycles. The summed E-state index contributed by atoms with van der Waals surface area (Å²) in [6, 6.07) is 0.791. The molecule has 0 fully saturated rings. The van der Waals surface area contributed by atoms with Crippen molar-refractivity contribution in [2.75, 3.05) is 17.4 Å². The SMILES string of the molecule is CCC(CSC)NS(=O)(=O)c1cc([N+](=O)[O-])c(NN)s1. The van der Waals surface area contributed by atoms with Gasteiger partial charge in [-0.15, -0.1) is 0 Å². The van der Waals surface area contributed by atoms with Gasteiger partial charge in [-0.2, -0.15) is 11.8 Å². The van der Waals surface area contributed by atoms with Crippen molar-refractivity contribution in [1.82, 2.24) is 4.72 Å². The fourth-order valence-corrected chi connectivity index (χ4v) is 4.85. The van der Waals surface area contributed by atoms with Crippen LogP contribution in [0.4, 0.5) is 10.7 Å². The van der Waals surface area contributed by atoms with Crippen molar-refractivity contribution in [3.63, 3.8) is 0 Å². The first kappa shape index (κ1) is 17.2. The van der Waals surface area contributed by atoms with Crippen LogP contribution in [0.1, 0.15) is 13.3 Å². The largest absolute Gasteiger partial charge is 0.310 e. The van der Waals surface area contributed by atoms with Gasteiger partial charge >= 0.3 is 5.69 Å². The van der Waals surface area contributed by atoms with Crippen LogP contribution < -0.4 is 16.0 Å².